The van der Waals surface area contributed by atoms with Crippen LogP contribution in [0.4, 0.5) is 0 Å². The third-order valence-corrected chi connectivity index (χ3v) is 3.01. The van der Waals surface area contributed by atoms with Gasteiger partial charge in [0, 0.05) is 6.54 Å². The third kappa shape index (κ3) is 3.71. The molecule has 1 N–H and O–H groups in total. The van der Waals surface area contributed by atoms with Gasteiger partial charge >= 0.3 is 0 Å². The number of aryl methyl sites for hydroxylation is 1. The van der Waals surface area contributed by atoms with E-state index in [4.69, 9.17) is 4.74 Å². The predicted molar refractivity (Wildman–Crippen MR) is 74.0 cm³/mol. The molecule has 1 aromatic heterocycles. The summed E-state index contributed by atoms with van der Waals surface area (Å²) in [4.78, 5) is 2.20. The van der Waals surface area contributed by atoms with Crippen molar-refractivity contribution < 1.29 is 4.74 Å². The molecule has 1 heterocycles. The summed E-state index contributed by atoms with van der Waals surface area (Å²) in [6.45, 7) is 7.07. The van der Waals surface area contributed by atoms with Gasteiger partial charge in [-0.2, -0.15) is 5.10 Å². The number of hydrogen-bond acceptors (Lipinski definition) is 4. The van der Waals surface area contributed by atoms with E-state index in [0.29, 0.717) is 0 Å². The molecule has 5 nitrogen and oxygen atoms in total. The number of rotatable bonds is 8. The minimum Gasteiger partial charge on any atom is -0.493 e. The van der Waals surface area contributed by atoms with Gasteiger partial charge in [0.15, 0.2) is 5.75 Å². The average Bonchev–Trinajstić information content (AvgIpc) is 2.76. The van der Waals surface area contributed by atoms with Gasteiger partial charge in [-0.25, -0.2) is 0 Å². The molecule has 0 bridgehead atoms. The normalized spacial score (nSPS) is 13.0. The summed E-state index contributed by atoms with van der Waals surface area (Å²) in [5.74, 6) is 0.876. The molecular formula is C13H26N4O. The van der Waals surface area contributed by atoms with Crippen LogP contribution in [-0.4, -0.2) is 49.0 Å². The first-order valence-corrected chi connectivity index (χ1v) is 6.61. The van der Waals surface area contributed by atoms with E-state index in [1.807, 2.05) is 4.68 Å². The van der Waals surface area contributed by atoms with Crippen molar-refractivity contribution in [1.82, 2.24) is 20.0 Å². The van der Waals surface area contributed by atoms with Gasteiger partial charge in [-0.1, -0.05) is 6.92 Å². The SMILES string of the molecule is CCNC(CCN(C)C)c1c(OC)cnn1CC. The molecule has 0 radical (unpaired) electrons. The monoisotopic (exact) mass is 254 g/mol. The van der Waals surface area contributed by atoms with E-state index < -0.39 is 0 Å². The summed E-state index contributed by atoms with van der Waals surface area (Å²) < 4.78 is 7.44. The largest absolute Gasteiger partial charge is 0.493 e. The Morgan fingerprint density at radius 1 is 1.44 bits per heavy atom. The van der Waals surface area contributed by atoms with E-state index in [1.165, 1.54) is 0 Å². The van der Waals surface area contributed by atoms with Crippen LogP contribution in [0.1, 0.15) is 32.0 Å². The Morgan fingerprint density at radius 3 is 2.67 bits per heavy atom. The summed E-state index contributed by atoms with van der Waals surface area (Å²) in [7, 11) is 5.89. The van der Waals surface area contributed by atoms with E-state index in [2.05, 4.69) is 43.3 Å². The van der Waals surface area contributed by atoms with E-state index in [0.717, 1.165) is 37.5 Å². The quantitative estimate of drug-likeness (QED) is 0.763. The Balaban J connectivity index is 2.91. The van der Waals surface area contributed by atoms with Crippen molar-refractivity contribution in [1.29, 1.82) is 0 Å². The lowest BCUT2D eigenvalue weighted by atomic mass is 10.1. The summed E-state index contributed by atoms with van der Waals surface area (Å²) >= 11 is 0. The lowest BCUT2D eigenvalue weighted by molar-refractivity contribution is 0.342. The summed E-state index contributed by atoms with van der Waals surface area (Å²) in [6.07, 6.45) is 2.85. The lowest BCUT2D eigenvalue weighted by Gasteiger charge is -2.22. The van der Waals surface area contributed by atoms with Crippen molar-refractivity contribution in [2.24, 2.45) is 0 Å². The number of nitrogens with one attached hydrogen (secondary N) is 1. The highest BCUT2D eigenvalue weighted by Crippen LogP contribution is 2.27. The number of methoxy groups -OCH3 is 1. The van der Waals surface area contributed by atoms with Crippen LogP contribution in [0.2, 0.25) is 0 Å². The zero-order valence-corrected chi connectivity index (χ0v) is 12.2. The van der Waals surface area contributed by atoms with Crippen LogP contribution in [0.25, 0.3) is 0 Å². The van der Waals surface area contributed by atoms with Gasteiger partial charge < -0.3 is 15.0 Å². The minimum atomic E-state index is 0.287. The predicted octanol–water partition coefficient (Wildman–Crippen LogP) is 1.51. The van der Waals surface area contributed by atoms with Crippen LogP contribution in [0.3, 0.4) is 0 Å². The van der Waals surface area contributed by atoms with E-state index in [1.54, 1.807) is 13.3 Å². The molecule has 1 atom stereocenters. The van der Waals surface area contributed by atoms with Crippen molar-refractivity contribution in [3.05, 3.63) is 11.9 Å². The number of hydrogen-bond donors (Lipinski definition) is 1. The maximum absolute atomic E-state index is 5.42. The third-order valence-electron chi connectivity index (χ3n) is 3.01. The maximum Gasteiger partial charge on any atom is 0.161 e. The smallest absolute Gasteiger partial charge is 0.161 e. The molecule has 0 spiro atoms. The molecule has 0 aliphatic heterocycles. The van der Waals surface area contributed by atoms with Crippen LogP contribution in [0.5, 0.6) is 5.75 Å². The Hall–Kier alpha value is -1.07. The highest BCUT2D eigenvalue weighted by atomic mass is 16.5. The van der Waals surface area contributed by atoms with Crippen molar-refractivity contribution in [3.63, 3.8) is 0 Å². The fourth-order valence-corrected chi connectivity index (χ4v) is 2.11. The van der Waals surface area contributed by atoms with Gasteiger partial charge in [0.05, 0.1) is 25.0 Å². The molecule has 0 fully saturated rings. The van der Waals surface area contributed by atoms with E-state index >= 15 is 0 Å². The van der Waals surface area contributed by atoms with Gasteiger partial charge in [-0.05, 0) is 40.5 Å². The first kappa shape index (κ1) is 15.0. The second-order valence-corrected chi connectivity index (χ2v) is 4.62. The number of nitrogens with zero attached hydrogens (tertiary/aromatic N) is 3. The first-order chi connectivity index (χ1) is 8.63. The highest BCUT2D eigenvalue weighted by molar-refractivity contribution is 5.28. The summed E-state index contributed by atoms with van der Waals surface area (Å²) in [5.41, 5.74) is 1.16. The fraction of sp³-hybridized carbons (Fsp3) is 0.769. The Morgan fingerprint density at radius 2 is 2.17 bits per heavy atom. The van der Waals surface area contributed by atoms with Crippen LogP contribution < -0.4 is 10.1 Å². The number of ether oxygens (including phenoxy) is 1. The molecule has 0 saturated carbocycles. The molecule has 1 aromatic rings. The van der Waals surface area contributed by atoms with Gasteiger partial charge in [0.1, 0.15) is 0 Å². The Labute approximate surface area is 110 Å². The second-order valence-electron chi connectivity index (χ2n) is 4.62. The molecule has 1 rings (SSSR count). The van der Waals surface area contributed by atoms with E-state index in [9.17, 15) is 0 Å². The molecule has 5 heteroatoms. The van der Waals surface area contributed by atoms with Crippen LogP contribution in [0, 0.1) is 0 Å². The van der Waals surface area contributed by atoms with Gasteiger partial charge in [-0.15, -0.1) is 0 Å². The lowest BCUT2D eigenvalue weighted by Crippen LogP contribution is -2.28. The Kier molecular flexibility index (Phi) is 6.15. The first-order valence-electron chi connectivity index (χ1n) is 6.61. The van der Waals surface area contributed by atoms with Gasteiger partial charge in [-0.3, -0.25) is 4.68 Å². The van der Waals surface area contributed by atoms with Crippen LogP contribution in [0.15, 0.2) is 6.20 Å². The van der Waals surface area contributed by atoms with E-state index in [-0.39, 0.29) is 6.04 Å². The minimum absolute atomic E-state index is 0.287. The second kappa shape index (κ2) is 7.38. The topological polar surface area (TPSA) is 42.3 Å². The molecule has 0 aromatic carbocycles. The van der Waals surface area contributed by atoms with Crippen molar-refractivity contribution in [2.75, 3.05) is 34.3 Å². The van der Waals surface area contributed by atoms with Crippen LogP contribution >= 0.6 is 0 Å². The van der Waals surface area contributed by atoms with Crippen molar-refractivity contribution in [3.8, 4) is 5.75 Å². The molecule has 0 saturated heterocycles. The van der Waals surface area contributed by atoms with Crippen molar-refractivity contribution >= 4 is 0 Å². The van der Waals surface area contributed by atoms with Crippen molar-refractivity contribution in [2.45, 2.75) is 32.9 Å². The molecule has 104 valence electrons. The highest BCUT2D eigenvalue weighted by Gasteiger charge is 2.20. The zero-order chi connectivity index (χ0) is 13.5. The van der Waals surface area contributed by atoms with Gasteiger partial charge in [0.2, 0.25) is 0 Å². The molecule has 0 aliphatic carbocycles. The standard InChI is InChI=1S/C13H26N4O/c1-6-14-11(8-9-16(3)4)13-12(18-5)10-15-17(13)7-2/h10-11,14H,6-9H2,1-5H3. The molecule has 18 heavy (non-hydrogen) atoms. The maximum atomic E-state index is 5.42. The average molecular weight is 254 g/mol. The molecular weight excluding hydrogens is 228 g/mol. The van der Waals surface area contributed by atoms with Crippen LogP contribution in [-0.2, 0) is 6.54 Å². The Bertz CT molecular complexity index is 327. The molecule has 0 amide bonds. The molecule has 1 unspecified atom stereocenters. The summed E-state index contributed by atoms with van der Waals surface area (Å²) in [5, 5.41) is 7.90. The molecule has 0 aliphatic rings. The zero-order valence-electron chi connectivity index (χ0n) is 12.2. The summed E-state index contributed by atoms with van der Waals surface area (Å²) in [6, 6.07) is 0.287. The fourth-order valence-electron chi connectivity index (χ4n) is 2.11. The van der Waals surface area contributed by atoms with Gasteiger partial charge in [0.25, 0.3) is 0 Å². The number of aromatic nitrogens is 2.